The van der Waals surface area contributed by atoms with E-state index >= 15 is 0 Å². The topological polar surface area (TPSA) is 97.0 Å². The molecule has 2 heterocycles. The van der Waals surface area contributed by atoms with Gasteiger partial charge in [0.05, 0.1) is 17.4 Å². The first-order valence-electron chi connectivity index (χ1n) is 9.07. The van der Waals surface area contributed by atoms with Crippen LogP contribution in [-0.2, 0) is 22.4 Å². The third-order valence-electron chi connectivity index (χ3n) is 4.46. The van der Waals surface area contributed by atoms with Crippen molar-refractivity contribution in [2.45, 2.75) is 57.4 Å². The number of fused-ring (bicyclic) bond motifs is 1. The number of aromatic nitrogens is 3. The van der Waals surface area contributed by atoms with Crippen LogP contribution in [0.1, 0.15) is 53.8 Å². The van der Waals surface area contributed by atoms with E-state index in [1.807, 2.05) is 6.92 Å². The van der Waals surface area contributed by atoms with Gasteiger partial charge in [0.1, 0.15) is 10.8 Å². The van der Waals surface area contributed by atoms with E-state index in [0.29, 0.717) is 34.1 Å². The number of esters is 1. The number of nitrogens with zero attached hydrogens (tertiary/aromatic N) is 2. The molecule has 3 rings (SSSR count). The van der Waals surface area contributed by atoms with Gasteiger partial charge in [0.2, 0.25) is 11.1 Å². The monoisotopic (exact) mass is 408 g/mol. The van der Waals surface area contributed by atoms with Gasteiger partial charge >= 0.3 is 5.97 Å². The lowest BCUT2D eigenvalue weighted by atomic mass is 9.88. The highest BCUT2D eigenvalue weighted by Crippen LogP contribution is 2.40. The van der Waals surface area contributed by atoms with Gasteiger partial charge in [-0.3, -0.25) is 9.89 Å². The van der Waals surface area contributed by atoms with E-state index in [1.54, 1.807) is 13.8 Å². The van der Waals surface area contributed by atoms with E-state index in [4.69, 9.17) is 4.74 Å². The van der Waals surface area contributed by atoms with Crippen LogP contribution >= 0.6 is 23.1 Å². The Hall–Kier alpha value is -1.87. The molecule has 1 aliphatic carbocycles. The standard InChI is InChI=1S/C18H24N4O3S2/c1-5-25-17(24)14-12-7-6-9(2)8-13(12)27-16(14)20-15(23)10(3)26-18-19-11(4)21-22-18/h9-10H,5-8H2,1-4H3,(H,20,23)(H,19,21,22)/t9-,10+/m1/s1. The van der Waals surface area contributed by atoms with Crippen molar-refractivity contribution in [3.63, 3.8) is 0 Å². The van der Waals surface area contributed by atoms with Crippen molar-refractivity contribution in [2.24, 2.45) is 5.92 Å². The number of rotatable bonds is 6. The van der Waals surface area contributed by atoms with Crippen LogP contribution in [0.4, 0.5) is 5.00 Å². The van der Waals surface area contributed by atoms with E-state index < -0.39 is 5.25 Å². The lowest BCUT2D eigenvalue weighted by Crippen LogP contribution is -2.23. The van der Waals surface area contributed by atoms with E-state index in [-0.39, 0.29) is 11.9 Å². The number of amides is 1. The van der Waals surface area contributed by atoms with Crippen molar-refractivity contribution in [3.8, 4) is 0 Å². The van der Waals surface area contributed by atoms with Gasteiger partial charge in [0, 0.05) is 4.88 Å². The van der Waals surface area contributed by atoms with Crippen LogP contribution in [0.3, 0.4) is 0 Å². The Bertz CT molecular complexity index is 846. The highest BCUT2D eigenvalue weighted by atomic mass is 32.2. The second-order valence-corrected chi connectivity index (χ2v) is 9.14. The lowest BCUT2D eigenvalue weighted by molar-refractivity contribution is -0.115. The zero-order chi connectivity index (χ0) is 19.6. The fraction of sp³-hybridized carbons (Fsp3) is 0.556. The fourth-order valence-electron chi connectivity index (χ4n) is 3.06. The maximum absolute atomic E-state index is 12.7. The van der Waals surface area contributed by atoms with Crippen molar-refractivity contribution >= 4 is 40.0 Å². The Morgan fingerprint density at radius 2 is 2.26 bits per heavy atom. The molecule has 0 saturated heterocycles. The van der Waals surface area contributed by atoms with E-state index in [0.717, 1.165) is 24.8 Å². The molecule has 0 spiro atoms. The third kappa shape index (κ3) is 4.52. The summed E-state index contributed by atoms with van der Waals surface area (Å²) in [6.45, 7) is 7.91. The Kier molecular flexibility index (Phi) is 6.21. The predicted octanol–water partition coefficient (Wildman–Crippen LogP) is 3.60. The molecule has 146 valence electrons. The molecule has 0 aromatic carbocycles. The minimum Gasteiger partial charge on any atom is -0.462 e. The molecule has 2 aromatic heterocycles. The minimum absolute atomic E-state index is 0.181. The molecular weight excluding hydrogens is 384 g/mol. The second kappa shape index (κ2) is 8.43. The normalized spacial score (nSPS) is 17.3. The van der Waals surface area contributed by atoms with Crippen LogP contribution in [0.5, 0.6) is 0 Å². The highest BCUT2D eigenvalue weighted by molar-refractivity contribution is 8.00. The number of carbonyl (C=O) groups excluding carboxylic acids is 2. The number of aryl methyl sites for hydroxylation is 1. The molecule has 9 heteroatoms. The molecule has 1 aliphatic rings. The van der Waals surface area contributed by atoms with Crippen LogP contribution in [0, 0.1) is 12.8 Å². The predicted molar refractivity (Wildman–Crippen MR) is 107 cm³/mol. The van der Waals surface area contributed by atoms with Gasteiger partial charge in [-0.05, 0) is 51.5 Å². The zero-order valence-electron chi connectivity index (χ0n) is 15.9. The van der Waals surface area contributed by atoms with Gasteiger partial charge in [-0.15, -0.1) is 16.4 Å². The van der Waals surface area contributed by atoms with E-state index in [1.165, 1.54) is 28.0 Å². The number of nitrogens with one attached hydrogen (secondary N) is 2. The Balaban J connectivity index is 1.80. The first-order chi connectivity index (χ1) is 12.9. The van der Waals surface area contributed by atoms with Gasteiger partial charge in [-0.25, -0.2) is 9.78 Å². The van der Waals surface area contributed by atoms with Crippen molar-refractivity contribution in [1.82, 2.24) is 15.2 Å². The van der Waals surface area contributed by atoms with Gasteiger partial charge in [0.25, 0.3) is 0 Å². The van der Waals surface area contributed by atoms with Crippen LogP contribution in [-0.4, -0.2) is 38.9 Å². The average Bonchev–Trinajstić information content (AvgIpc) is 3.17. The molecule has 0 fully saturated rings. The first-order valence-corrected chi connectivity index (χ1v) is 10.8. The van der Waals surface area contributed by atoms with E-state index in [2.05, 4.69) is 27.4 Å². The zero-order valence-corrected chi connectivity index (χ0v) is 17.6. The van der Waals surface area contributed by atoms with Crippen LogP contribution < -0.4 is 5.32 Å². The molecule has 1 amide bonds. The number of aromatic amines is 1. The summed E-state index contributed by atoms with van der Waals surface area (Å²) in [5, 5.41) is 10.5. The summed E-state index contributed by atoms with van der Waals surface area (Å²) in [6, 6.07) is 0. The molecule has 2 aromatic rings. The SMILES string of the molecule is CCOC(=O)c1c(NC(=O)[C@H](C)Sc2n[nH]c(C)n2)sc2c1CC[C@@H](C)C2. The van der Waals surface area contributed by atoms with Crippen molar-refractivity contribution in [1.29, 1.82) is 0 Å². The van der Waals surface area contributed by atoms with Gasteiger partial charge in [0.15, 0.2) is 0 Å². The molecule has 2 atom stereocenters. The Labute approximate surface area is 166 Å². The number of hydrogen-bond donors (Lipinski definition) is 2. The molecule has 27 heavy (non-hydrogen) atoms. The Morgan fingerprint density at radius 1 is 1.48 bits per heavy atom. The number of hydrogen-bond acceptors (Lipinski definition) is 7. The van der Waals surface area contributed by atoms with Crippen LogP contribution in [0.2, 0.25) is 0 Å². The highest BCUT2D eigenvalue weighted by Gasteiger charge is 2.30. The summed E-state index contributed by atoms with van der Waals surface area (Å²) in [5.41, 5.74) is 1.57. The van der Waals surface area contributed by atoms with Crippen molar-refractivity contribution in [3.05, 3.63) is 21.8 Å². The molecule has 0 saturated carbocycles. The van der Waals surface area contributed by atoms with Crippen LogP contribution in [0.25, 0.3) is 0 Å². The number of carbonyl (C=O) groups is 2. The molecule has 0 radical (unpaired) electrons. The van der Waals surface area contributed by atoms with Gasteiger partial charge < -0.3 is 10.1 Å². The number of ether oxygens (including phenoxy) is 1. The summed E-state index contributed by atoms with van der Waals surface area (Å²) >= 11 is 2.77. The molecule has 0 bridgehead atoms. The second-order valence-electron chi connectivity index (χ2n) is 6.73. The Morgan fingerprint density at radius 3 is 2.93 bits per heavy atom. The largest absolute Gasteiger partial charge is 0.462 e. The van der Waals surface area contributed by atoms with Crippen LogP contribution in [0.15, 0.2) is 5.16 Å². The number of anilines is 1. The number of H-pyrrole nitrogens is 1. The maximum Gasteiger partial charge on any atom is 0.341 e. The molecule has 0 unspecified atom stereocenters. The van der Waals surface area contributed by atoms with E-state index in [9.17, 15) is 9.59 Å². The smallest absolute Gasteiger partial charge is 0.341 e. The summed E-state index contributed by atoms with van der Waals surface area (Å²) in [5.74, 6) is 0.748. The first kappa shape index (κ1) is 19.9. The fourth-order valence-corrected chi connectivity index (χ4v) is 5.23. The maximum atomic E-state index is 12.7. The third-order valence-corrected chi connectivity index (χ3v) is 6.59. The average molecular weight is 409 g/mol. The van der Waals surface area contributed by atoms with Gasteiger partial charge in [-0.2, -0.15) is 0 Å². The number of thioether (sulfide) groups is 1. The molecule has 0 aliphatic heterocycles. The lowest BCUT2D eigenvalue weighted by Gasteiger charge is -2.18. The molecule has 2 N–H and O–H groups in total. The summed E-state index contributed by atoms with van der Waals surface area (Å²) in [6.07, 6.45) is 2.82. The number of thiophene rings is 1. The van der Waals surface area contributed by atoms with Crippen molar-refractivity contribution in [2.75, 3.05) is 11.9 Å². The molecule has 7 nitrogen and oxygen atoms in total. The summed E-state index contributed by atoms with van der Waals surface area (Å²) < 4.78 is 5.25. The molecular formula is C18H24N4O3S2. The minimum atomic E-state index is -0.395. The van der Waals surface area contributed by atoms with Gasteiger partial charge in [-0.1, -0.05) is 18.7 Å². The summed E-state index contributed by atoms with van der Waals surface area (Å²) in [7, 11) is 0. The van der Waals surface area contributed by atoms with Crippen molar-refractivity contribution < 1.29 is 14.3 Å². The summed E-state index contributed by atoms with van der Waals surface area (Å²) in [4.78, 5) is 30.6. The quantitative estimate of drug-likeness (QED) is 0.560.